The number of carbonyl (C=O) groups excluding carboxylic acids is 2. The Morgan fingerprint density at radius 1 is 1.11 bits per heavy atom. The largest absolute Gasteiger partial charge is 0.281 e. The van der Waals surface area contributed by atoms with Gasteiger partial charge in [-0.1, -0.05) is 27.7 Å². The Morgan fingerprint density at radius 3 is 2.22 bits per heavy atom. The van der Waals surface area contributed by atoms with Gasteiger partial charge in [0.05, 0.1) is 27.4 Å². The molecule has 2 heterocycles. The minimum absolute atomic E-state index is 0.107. The van der Waals surface area contributed by atoms with Crippen molar-refractivity contribution in [3.05, 3.63) is 35.7 Å². The molecule has 0 radical (unpaired) electrons. The number of amides is 2. The first kappa shape index (κ1) is 19.3. The summed E-state index contributed by atoms with van der Waals surface area (Å²) in [6, 6.07) is 5.87. The Kier molecular flexibility index (Phi) is 4.71. The van der Waals surface area contributed by atoms with Crippen molar-refractivity contribution in [2.24, 2.45) is 5.41 Å². The summed E-state index contributed by atoms with van der Waals surface area (Å²) in [6.07, 6.45) is 1.15. The van der Waals surface area contributed by atoms with Crippen molar-refractivity contribution in [3.63, 3.8) is 0 Å². The maximum absolute atomic E-state index is 13.1. The molecule has 1 N–H and O–H groups in total. The lowest BCUT2D eigenvalue weighted by molar-refractivity contribution is -0.124. The van der Waals surface area contributed by atoms with Gasteiger partial charge in [0.15, 0.2) is 0 Å². The van der Waals surface area contributed by atoms with Crippen LogP contribution in [0.25, 0.3) is 0 Å². The number of H-pyrrole nitrogens is 1. The van der Waals surface area contributed by atoms with Crippen LogP contribution < -0.4 is 4.90 Å². The van der Waals surface area contributed by atoms with Crippen LogP contribution in [-0.2, 0) is 32.3 Å². The number of aryl methyl sites for hydroxylation is 2. The van der Waals surface area contributed by atoms with E-state index < -0.39 is 15.3 Å². The molecule has 0 aliphatic carbocycles. The summed E-state index contributed by atoms with van der Waals surface area (Å²) in [6.45, 7) is 7.17. The number of aromatic nitrogens is 2. The monoisotopic (exact) mass is 389 g/mol. The number of aromatic amines is 1. The number of rotatable bonds is 5. The van der Waals surface area contributed by atoms with E-state index in [1.54, 1.807) is 13.8 Å². The number of nitrogens with zero attached hydrogens (tertiary/aromatic N) is 2. The zero-order valence-corrected chi connectivity index (χ0v) is 16.7. The second-order valence-electron chi connectivity index (χ2n) is 7.28. The molecule has 0 unspecified atom stereocenters. The Balaban J connectivity index is 2.00. The molecule has 2 aromatic rings. The summed E-state index contributed by atoms with van der Waals surface area (Å²) in [5, 5.41) is 6.91. The van der Waals surface area contributed by atoms with E-state index in [1.807, 2.05) is 13.8 Å². The summed E-state index contributed by atoms with van der Waals surface area (Å²) < 4.78 is 26.2. The topological polar surface area (TPSA) is 100 Å². The summed E-state index contributed by atoms with van der Waals surface area (Å²) in [7, 11) is -3.75. The number of imide groups is 1. The summed E-state index contributed by atoms with van der Waals surface area (Å²) >= 11 is 0. The summed E-state index contributed by atoms with van der Waals surface area (Å²) in [4.78, 5) is 26.1. The highest BCUT2D eigenvalue weighted by Gasteiger charge is 2.45. The van der Waals surface area contributed by atoms with Gasteiger partial charge in [-0.3, -0.25) is 19.6 Å². The number of benzene rings is 1. The first-order valence-electron chi connectivity index (χ1n) is 8.92. The Bertz CT molecular complexity index is 983. The molecule has 8 heteroatoms. The Labute approximate surface area is 158 Å². The van der Waals surface area contributed by atoms with E-state index in [-0.39, 0.29) is 28.0 Å². The van der Waals surface area contributed by atoms with Crippen molar-refractivity contribution in [2.45, 2.75) is 56.7 Å². The molecule has 0 atom stereocenters. The molecule has 1 fully saturated rings. The minimum Gasteiger partial charge on any atom is -0.281 e. The van der Waals surface area contributed by atoms with Crippen molar-refractivity contribution in [2.75, 3.05) is 4.90 Å². The molecular formula is C19H23N3O4S. The van der Waals surface area contributed by atoms with E-state index in [9.17, 15) is 18.0 Å². The number of hydrogen-bond acceptors (Lipinski definition) is 5. The molecule has 7 nitrogen and oxygen atoms in total. The van der Waals surface area contributed by atoms with Crippen LogP contribution in [0.2, 0.25) is 0 Å². The molecule has 1 aliphatic heterocycles. The summed E-state index contributed by atoms with van der Waals surface area (Å²) in [5.41, 5.74) is 0.711. The number of anilines is 1. The van der Waals surface area contributed by atoms with Crippen LogP contribution in [0, 0.1) is 5.41 Å². The van der Waals surface area contributed by atoms with Gasteiger partial charge in [0.2, 0.25) is 21.7 Å². The lowest BCUT2D eigenvalue weighted by Gasteiger charge is -2.18. The van der Waals surface area contributed by atoms with Gasteiger partial charge in [0.25, 0.3) is 0 Å². The average Bonchev–Trinajstić information content (AvgIpc) is 3.13. The Morgan fingerprint density at radius 2 is 1.74 bits per heavy atom. The number of sulfone groups is 1. The zero-order chi connectivity index (χ0) is 20.0. The van der Waals surface area contributed by atoms with Crippen molar-refractivity contribution in [1.29, 1.82) is 0 Å². The third kappa shape index (κ3) is 3.07. The van der Waals surface area contributed by atoms with Crippen molar-refractivity contribution in [1.82, 2.24) is 10.2 Å². The van der Waals surface area contributed by atoms with Crippen LogP contribution in [0.3, 0.4) is 0 Å². The standard InChI is InChI=1S/C19H23N3O4S/c1-5-14-17(15(6-2)21-20-14)27(25,26)13-9-7-12(8-10-13)22-16(23)11-19(3,4)18(22)24/h7-10H,5-6,11H2,1-4H3,(H,20,21). The predicted octanol–water partition coefficient (Wildman–Crippen LogP) is 2.66. The lowest BCUT2D eigenvalue weighted by Crippen LogP contribution is -2.32. The van der Waals surface area contributed by atoms with Gasteiger partial charge < -0.3 is 0 Å². The van der Waals surface area contributed by atoms with E-state index in [0.29, 0.717) is 29.9 Å². The maximum atomic E-state index is 13.1. The average molecular weight is 389 g/mol. The van der Waals surface area contributed by atoms with E-state index >= 15 is 0 Å². The van der Waals surface area contributed by atoms with Gasteiger partial charge in [0, 0.05) is 6.42 Å². The smallest absolute Gasteiger partial charge is 0.239 e. The molecule has 2 amide bonds. The molecule has 1 saturated heterocycles. The van der Waals surface area contributed by atoms with Crippen LogP contribution in [-0.4, -0.2) is 30.4 Å². The minimum atomic E-state index is -3.75. The second-order valence-corrected chi connectivity index (χ2v) is 9.16. The van der Waals surface area contributed by atoms with E-state index in [0.717, 1.165) is 4.90 Å². The maximum Gasteiger partial charge on any atom is 0.239 e. The highest BCUT2D eigenvalue weighted by atomic mass is 32.2. The number of carbonyl (C=O) groups is 2. The normalized spacial score (nSPS) is 17.0. The van der Waals surface area contributed by atoms with Gasteiger partial charge in [-0.05, 0) is 37.1 Å². The van der Waals surface area contributed by atoms with Gasteiger partial charge in [0.1, 0.15) is 4.90 Å². The quantitative estimate of drug-likeness (QED) is 0.793. The molecule has 0 bridgehead atoms. The molecule has 144 valence electrons. The van der Waals surface area contributed by atoms with E-state index in [4.69, 9.17) is 0 Å². The fourth-order valence-electron chi connectivity index (χ4n) is 3.31. The van der Waals surface area contributed by atoms with Crippen molar-refractivity contribution >= 4 is 27.3 Å². The van der Waals surface area contributed by atoms with Crippen molar-refractivity contribution in [3.8, 4) is 0 Å². The van der Waals surface area contributed by atoms with Gasteiger partial charge in [-0.2, -0.15) is 5.10 Å². The molecule has 0 spiro atoms. The lowest BCUT2D eigenvalue weighted by atomic mass is 9.92. The van der Waals surface area contributed by atoms with Crippen LogP contribution in [0.4, 0.5) is 5.69 Å². The highest BCUT2D eigenvalue weighted by molar-refractivity contribution is 7.91. The van der Waals surface area contributed by atoms with E-state index in [1.165, 1.54) is 24.3 Å². The molecule has 1 aromatic heterocycles. The molecule has 3 rings (SSSR count). The molecule has 1 aliphatic rings. The van der Waals surface area contributed by atoms with Crippen LogP contribution in [0.1, 0.15) is 45.5 Å². The first-order valence-corrected chi connectivity index (χ1v) is 10.4. The highest BCUT2D eigenvalue weighted by Crippen LogP contribution is 2.36. The first-order chi connectivity index (χ1) is 12.6. The summed E-state index contributed by atoms with van der Waals surface area (Å²) in [5.74, 6) is -0.559. The fourth-order valence-corrected chi connectivity index (χ4v) is 5.05. The van der Waals surface area contributed by atoms with Crippen LogP contribution in [0.5, 0.6) is 0 Å². The molecular weight excluding hydrogens is 366 g/mol. The van der Waals surface area contributed by atoms with Gasteiger partial charge in [-0.15, -0.1) is 0 Å². The van der Waals surface area contributed by atoms with Crippen LogP contribution >= 0.6 is 0 Å². The van der Waals surface area contributed by atoms with Crippen molar-refractivity contribution < 1.29 is 18.0 Å². The Hall–Kier alpha value is -2.48. The predicted molar refractivity (Wildman–Crippen MR) is 100 cm³/mol. The zero-order valence-electron chi connectivity index (χ0n) is 15.9. The molecule has 27 heavy (non-hydrogen) atoms. The fraction of sp³-hybridized carbons (Fsp3) is 0.421. The van der Waals surface area contributed by atoms with Gasteiger partial charge >= 0.3 is 0 Å². The second kappa shape index (κ2) is 6.60. The molecule has 0 saturated carbocycles. The van der Waals surface area contributed by atoms with Crippen LogP contribution in [0.15, 0.2) is 34.1 Å². The number of nitrogens with one attached hydrogen (secondary N) is 1. The third-order valence-electron chi connectivity index (χ3n) is 4.85. The van der Waals surface area contributed by atoms with E-state index in [2.05, 4.69) is 10.2 Å². The third-order valence-corrected chi connectivity index (χ3v) is 6.76. The van der Waals surface area contributed by atoms with Gasteiger partial charge in [-0.25, -0.2) is 8.42 Å². The molecule has 1 aromatic carbocycles. The SMILES string of the molecule is CCc1n[nH]c(CC)c1S(=O)(=O)c1ccc(N2C(=O)CC(C)(C)C2=O)cc1. The number of hydrogen-bond donors (Lipinski definition) is 1.